The number of aryl methyl sites for hydroxylation is 3. The van der Waals surface area contributed by atoms with Crippen molar-refractivity contribution in [3.8, 4) is 22.5 Å². The molecular weight excluding hydrogens is 456 g/mol. The van der Waals surface area contributed by atoms with E-state index in [1.165, 1.54) is 0 Å². The quantitative estimate of drug-likeness (QED) is 0.332. The molecule has 7 nitrogen and oxygen atoms in total. The minimum atomic E-state index is -0.832. The van der Waals surface area contributed by atoms with E-state index in [0.29, 0.717) is 17.1 Å². The Balaban J connectivity index is 1.38. The van der Waals surface area contributed by atoms with Gasteiger partial charge < -0.3 is 14.4 Å². The van der Waals surface area contributed by atoms with Crippen molar-refractivity contribution < 1.29 is 24.0 Å². The minimum absolute atomic E-state index is 0.0201. The smallest absolute Gasteiger partial charge is 0.412 e. The van der Waals surface area contributed by atoms with E-state index in [4.69, 9.17) is 14.4 Å². The van der Waals surface area contributed by atoms with Gasteiger partial charge in [-0.1, -0.05) is 65.8 Å². The fraction of sp³-hybridized carbons (Fsp3) is 0.207. The molecule has 0 saturated heterocycles. The number of carboxylic acids is 1. The third-order valence-electron chi connectivity index (χ3n) is 6.49. The summed E-state index contributed by atoms with van der Waals surface area (Å²) in [4.78, 5) is 23.7. The van der Waals surface area contributed by atoms with Crippen LogP contribution in [0, 0.1) is 6.92 Å². The zero-order valence-corrected chi connectivity index (χ0v) is 20.1. The number of anilines is 1. The Morgan fingerprint density at radius 3 is 2.44 bits per heavy atom. The fourth-order valence-electron chi connectivity index (χ4n) is 4.67. The van der Waals surface area contributed by atoms with Crippen molar-refractivity contribution in [3.05, 3.63) is 94.7 Å². The number of carbonyl (C=O) groups excluding carboxylic acids is 1. The molecule has 0 radical (unpaired) electrons. The summed E-state index contributed by atoms with van der Waals surface area (Å²) in [5.41, 5.74) is 8.10. The number of carboxylic acid groups (broad SMARTS) is 1. The van der Waals surface area contributed by atoms with Crippen molar-refractivity contribution in [2.45, 2.75) is 39.2 Å². The lowest BCUT2D eigenvalue weighted by Gasteiger charge is -2.21. The highest BCUT2D eigenvalue weighted by molar-refractivity contribution is 5.91. The highest BCUT2D eigenvalue weighted by Gasteiger charge is 2.22. The number of carbonyl (C=O) groups is 2. The van der Waals surface area contributed by atoms with E-state index in [1.54, 1.807) is 6.92 Å². The normalized spacial score (nSPS) is 12.8. The zero-order chi connectivity index (χ0) is 25.2. The third-order valence-corrected chi connectivity index (χ3v) is 6.49. The van der Waals surface area contributed by atoms with Crippen LogP contribution in [-0.2, 0) is 28.8 Å². The molecule has 0 fully saturated rings. The molecule has 182 valence electrons. The summed E-state index contributed by atoms with van der Waals surface area (Å²) >= 11 is 0. The highest BCUT2D eigenvalue weighted by Crippen LogP contribution is 2.38. The summed E-state index contributed by atoms with van der Waals surface area (Å²) in [5, 5.41) is 16.0. The van der Waals surface area contributed by atoms with Crippen LogP contribution in [0.15, 0.2) is 71.3 Å². The van der Waals surface area contributed by atoms with E-state index in [1.807, 2.05) is 67.6 Å². The molecule has 1 heterocycles. The number of hydrogen-bond donors (Lipinski definition) is 2. The molecule has 5 rings (SSSR count). The van der Waals surface area contributed by atoms with E-state index >= 15 is 0 Å². The van der Waals surface area contributed by atoms with E-state index in [9.17, 15) is 9.59 Å². The zero-order valence-electron chi connectivity index (χ0n) is 20.1. The molecule has 0 aliphatic heterocycles. The van der Waals surface area contributed by atoms with E-state index < -0.39 is 18.2 Å². The van der Waals surface area contributed by atoms with Crippen molar-refractivity contribution in [3.63, 3.8) is 0 Å². The number of rotatable bonds is 6. The standard InChI is InChI=1S/C29H26N2O5/c1-17-27(30-29(34)35-18(2)20-6-4-3-5-7-20)28(36-31-17)23-11-13-25-22(16-23)10-9-21-14-19(15-26(32)33)8-12-24(21)25/h3-8,11-14,16,18H,9-10,15H2,1-2H3,(H,30,34)(H,32,33). The molecule has 3 aromatic carbocycles. The van der Waals surface area contributed by atoms with Crippen LogP contribution < -0.4 is 5.32 Å². The largest absolute Gasteiger partial charge is 0.481 e. The van der Waals surface area contributed by atoms with Crippen molar-refractivity contribution in [2.75, 3.05) is 5.32 Å². The molecule has 36 heavy (non-hydrogen) atoms. The van der Waals surface area contributed by atoms with Crippen LogP contribution in [-0.4, -0.2) is 22.3 Å². The summed E-state index contributed by atoms with van der Waals surface area (Å²) in [7, 11) is 0. The van der Waals surface area contributed by atoms with Crippen LogP contribution >= 0.6 is 0 Å². The van der Waals surface area contributed by atoms with Crippen molar-refractivity contribution >= 4 is 17.7 Å². The Labute approximate surface area is 208 Å². The predicted molar refractivity (Wildman–Crippen MR) is 136 cm³/mol. The summed E-state index contributed by atoms with van der Waals surface area (Å²) in [6.07, 6.45) is 0.673. The van der Waals surface area contributed by atoms with Crippen molar-refractivity contribution in [2.24, 2.45) is 0 Å². The first-order chi connectivity index (χ1) is 17.4. The van der Waals surface area contributed by atoms with Crippen molar-refractivity contribution in [1.82, 2.24) is 5.16 Å². The predicted octanol–water partition coefficient (Wildman–Crippen LogP) is 6.35. The van der Waals surface area contributed by atoms with Gasteiger partial charge in [0, 0.05) is 5.56 Å². The summed E-state index contributed by atoms with van der Waals surface area (Å²) < 4.78 is 11.2. The number of hydrogen-bond acceptors (Lipinski definition) is 5. The van der Waals surface area contributed by atoms with Gasteiger partial charge in [0.1, 0.15) is 17.5 Å². The van der Waals surface area contributed by atoms with Crippen LogP contribution in [0.3, 0.4) is 0 Å². The van der Waals surface area contributed by atoms with Gasteiger partial charge in [0.15, 0.2) is 5.76 Å². The Morgan fingerprint density at radius 2 is 1.72 bits per heavy atom. The lowest BCUT2D eigenvalue weighted by Crippen LogP contribution is -2.16. The summed E-state index contributed by atoms with van der Waals surface area (Å²) in [6, 6.07) is 21.4. The number of amides is 1. The molecule has 0 spiro atoms. The average Bonchev–Trinajstić information content (AvgIpc) is 3.23. The molecular formula is C29H26N2O5. The molecule has 1 aliphatic rings. The molecule has 1 amide bonds. The molecule has 1 aliphatic carbocycles. The fourth-order valence-corrected chi connectivity index (χ4v) is 4.67. The maximum atomic E-state index is 12.7. The summed E-state index contributed by atoms with van der Waals surface area (Å²) in [6.45, 7) is 3.59. The van der Waals surface area contributed by atoms with E-state index in [0.717, 1.165) is 51.8 Å². The monoisotopic (exact) mass is 482 g/mol. The second-order valence-corrected chi connectivity index (χ2v) is 8.99. The van der Waals surface area contributed by atoms with Gasteiger partial charge in [-0.05, 0) is 66.1 Å². The second-order valence-electron chi connectivity index (χ2n) is 8.99. The lowest BCUT2D eigenvalue weighted by molar-refractivity contribution is -0.136. The molecule has 1 aromatic heterocycles. The number of ether oxygens (including phenoxy) is 1. The number of nitrogens with one attached hydrogen (secondary N) is 1. The van der Waals surface area contributed by atoms with E-state index in [-0.39, 0.29) is 6.42 Å². The molecule has 0 bridgehead atoms. The SMILES string of the molecule is Cc1noc(-c2ccc3c(c2)CCc2cc(CC(=O)O)ccc2-3)c1NC(=O)OC(C)c1ccccc1. The van der Waals surface area contributed by atoms with Gasteiger partial charge in [0.05, 0.1) is 6.42 Å². The topological polar surface area (TPSA) is 102 Å². The van der Waals surface area contributed by atoms with Gasteiger partial charge in [-0.2, -0.15) is 0 Å². The number of nitrogens with zero attached hydrogens (tertiary/aromatic N) is 1. The van der Waals surface area contributed by atoms with Crippen LogP contribution in [0.1, 0.15) is 41.0 Å². The van der Waals surface area contributed by atoms with Crippen LogP contribution in [0.25, 0.3) is 22.5 Å². The maximum absolute atomic E-state index is 12.7. The third kappa shape index (κ3) is 4.73. The molecule has 1 atom stereocenters. The van der Waals surface area contributed by atoms with E-state index in [2.05, 4.69) is 16.5 Å². The lowest BCUT2D eigenvalue weighted by atomic mass is 9.83. The minimum Gasteiger partial charge on any atom is -0.481 e. The van der Waals surface area contributed by atoms with Gasteiger partial charge in [0.2, 0.25) is 0 Å². The van der Waals surface area contributed by atoms with Gasteiger partial charge in [-0.3, -0.25) is 10.1 Å². The number of aromatic nitrogens is 1. The Bertz CT molecular complexity index is 1440. The summed E-state index contributed by atoms with van der Waals surface area (Å²) in [5.74, 6) is -0.358. The maximum Gasteiger partial charge on any atom is 0.412 e. The van der Waals surface area contributed by atoms with Crippen LogP contribution in [0.4, 0.5) is 10.5 Å². The number of benzene rings is 3. The Kier molecular flexibility index (Phi) is 6.29. The Morgan fingerprint density at radius 1 is 1.03 bits per heavy atom. The molecule has 1 unspecified atom stereocenters. The molecule has 2 N–H and O–H groups in total. The van der Waals surface area contributed by atoms with Gasteiger partial charge in [-0.25, -0.2) is 4.79 Å². The molecule has 7 heteroatoms. The van der Waals surface area contributed by atoms with Gasteiger partial charge in [-0.15, -0.1) is 0 Å². The average molecular weight is 483 g/mol. The van der Waals surface area contributed by atoms with Crippen LogP contribution in [0.2, 0.25) is 0 Å². The molecule has 4 aromatic rings. The molecule has 0 saturated carbocycles. The van der Waals surface area contributed by atoms with Gasteiger partial charge in [0.25, 0.3) is 0 Å². The van der Waals surface area contributed by atoms with Crippen molar-refractivity contribution in [1.29, 1.82) is 0 Å². The number of fused-ring (bicyclic) bond motifs is 3. The first-order valence-corrected chi connectivity index (χ1v) is 11.8. The second kappa shape index (κ2) is 9.70. The number of aliphatic carboxylic acids is 1. The highest BCUT2D eigenvalue weighted by atomic mass is 16.6. The first-order valence-electron chi connectivity index (χ1n) is 11.8. The first kappa shape index (κ1) is 23.4. The van der Waals surface area contributed by atoms with Gasteiger partial charge >= 0.3 is 12.1 Å². The van der Waals surface area contributed by atoms with Crippen LogP contribution in [0.5, 0.6) is 0 Å². The Hall–Kier alpha value is -4.39.